The molecule has 190 valence electrons. The first-order valence-corrected chi connectivity index (χ1v) is 13.2. The third-order valence-electron chi connectivity index (χ3n) is 8.58. The van der Waals surface area contributed by atoms with Gasteiger partial charge in [-0.25, -0.2) is 0 Å². The molecule has 1 aromatic rings. The van der Waals surface area contributed by atoms with Gasteiger partial charge in [0.2, 0.25) is 23.6 Å². The first kappa shape index (κ1) is 24.5. The second kappa shape index (κ2) is 9.34. The standard InChI is InChI=1S/C29H34N2O5/c1-4-8-16-9-7-10-18(25(16)32)22-17-11-12-19-23(28(35)30(13-5-2)26(19)33)20(17)15-21-24(22)29(36)31(14-6-3)27(21)34/h4,7,9-11,19-24,32H,1,5-6,8,12-15H2,2-3H3. The van der Waals surface area contributed by atoms with Crippen LogP contribution in [0.1, 0.15) is 56.6 Å². The van der Waals surface area contributed by atoms with E-state index in [0.29, 0.717) is 56.3 Å². The number of likely N-dealkylation sites (tertiary alicyclic amines) is 2. The predicted molar refractivity (Wildman–Crippen MR) is 134 cm³/mol. The second-order valence-corrected chi connectivity index (χ2v) is 10.5. The van der Waals surface area contributed by atoms with Crippen molar-refractivity contribution in [2.75, 3.05) is 13.1 Å². The lowest BCUT2D eigenvalue weighted by atomic mass is 9.57. The molecule has 1 saturated carbocycles. The first-order chi connectivity index (χ1) is 17.3. The van der Waals surface area contributed by atoms with E-state index in [0.717, 1.165) is 5.57 Å². The molecule has 4 aliphatic rings. The van der Waals surface area contributed by atoms with Gasteiger partial charge in [-0.1, -0.05) is 49.8 Å². The van der Waals surface area contributed by atoms with Gasteiger partial charge in [-0.2, -0.15) is 0 Å². The number of phenols is 1. The van der Waals surface area contributed by atoms with Crippen LogP contribution in [0.5, 0.6) is 5.75 Å². The maximum absolute atomic E-state index is 13.7. The number of imide groups is 2. The van der Waals surface area contributed by atoms with E-state index in [1.165, 1.54) is 9.80 Å². The average Bonchev–Trinajstić information content (AvgIpc) is 3.25. The summed E-state index contributed by atoms with van der Waals surface area (Å²) in [6.45, 7) is 8.41. The Morgan fingerprint density at radius 3 is 2.19 bits per heavy atom. The minimum absolute atomic E-state index is 0.112. The number of amides is 4. The van der Waals surface area contributed by atoms with Gasteiger partial charge >= 0.3 is 0 Å². The highest BCUT2D eigenvalue weighted by Gasteiger charge is 2.61. The number of carbonyl (C=O) groups excluding carboxylic acids is 4. The Morgan fingerprint density at radius 1 is 0.917 bits per heavy atom. The largest absolute Gasteiger partial charge is 0.507 e. The maximum Gasteiger partial charge on any atom is 0.234 e. The lowest BCUT2D eigenvalue weighted by molar-refractivity contribution is -0.142. The van der Waals surface area contributed by atoms with Crippen LogP contribution in [-0.4, -0.2) is 51.6 Å². The molecule has 1 aromatic carbocycles. The van der Waals surface area contributed by atoms with Crippen molar-refractivity contribution < 1.29 is 24.3 Å². The number of hydrogen-bond donors (Lipinski definition) is 1. The summed E-state index contributed by atoms with van der Waals surface area (Å²) in [6, 6.07) is 5.51. The van der Waals surface area contributed by atoms with Gasteiger partial charge in [-0.15, -0.1) is 6.58 Å². The molecule has 0 spiro atoms. The number of benzene rings is 1. The number of carbonyl (C=O) groups is 4. The minimum atomic E-state index is -0.619. The third-order valence-corrected chi connectivity index (χ3v) is 8.58. The molecule has 7 nitrogen and oxygen atoms in total. The number of hydrogen-bond acceptors (Lipinski definition) is 5. The van der Waals surface area contributed by atoms with Gasteiger partial charge in [0.25, 0.3) is 0 Å². The molecule has 2 aliphatic heterocycles. The monoisotopic (exact) mass is 490 g/mol. The summed E-state index contributed by atoms with van der Waals surface area (Å²) in [5.74, 6) is -3.52. The number of nitrogens with zero attached hydrogens (tertiary/aromatic N) is 2. The first-order valence-electron chi connectivity index (χ1n) is 13.2. The molecule has 0 aromatic heterocycles. The minimum Gasteiger partial charge on any atom is -0.507 e. The molecular weight excluding hydrogens is 456 g/mol. The average molecular weight is 491 g/mol. The van der Waals surface area contributed by atoms with Gasteiger partial charge in [0.1, 0.15) is 5.75 Å². The molecule has 0 bridgehead atoms. The third kappa shape index (κ3) is 3.46. The number of allylic oxidation sites excluding steroid dienone is 3. The summed E-state index contributed by atoms with van der Waals surface area (Å²) in [4.78, 5) is 56.5. The van der Waals surface area contributed by atoms with E-state index < -0.39 is 29.6 Å². The van der Waals surface area contributed by atoms with Crippen LogP contribution < -0.4 is 0 Å². The summed E-state index contributed by atoms with van der Waals surface area (Å²) < 4.78 is 0. The molecule has 2 saturated heterocycles. The Labute approximate surface area is 211 Å². The van der Waals surface area contributed by atoms with Crippen LogP contribution in [0.15, 0.2) is 42.5 Å². The molecule has 2 heterocycles. The molecule has 1 N–H and O–H groups in total. The number of rotatable bonds is 7. The van der Waals surface area contributed by atoms with E-state index >= 15 is 0 Å². The van der Waals surface area contributed by atoms with E-state index in [-0.39, 0.29) is 35.3 Å². The molecule has 3 fully saturated rings. The Bertz CT molecular complexity index is 1170. The SMILES string of the molecule is C=CCc1cccc(C2C3=CCC4C(=O)N(CCC)C(=O)C4C3CC3C(=O)N(CCC)C(=O)C32)c1O. The van der Waals surface area contributed by atoms with Crippen molar-refractivity contribution in [1.82, 2.24) is 9.80 Å². The Morgan fingerprint density at radius 2 is 1.56 bits per heavy atom. The highest BCUT2D eigenvalue weighted by molar-refractivity contribution is 6.08. The zero-order chi connectivity index (χ0) is 25.7. The molecule has 36 heavy (non-hydrogen) atoms. The maximum atomic E-state index is 13.7. The van der Waals surface area contributed by atoms with E-state index in [9.17, 15) is 24.3 Å². The van der Waals surface area contributed by atoms with Crippen molar-refractivity contribution in [1.29, 1.82) is 0 Å². The van der Waals surface area contributed by atoms with Crippen LogP contribution in [0.3, 0.4) is 0 Å². The van der Waals surface area contributed by atoms with E-state index in [2.05, 4.69) is 6.58 Å². The van der Waals surface area contributed by atoms with Crippen molar-refractivity contribution in [3.05, 3.63) is 53.6 Å². The molecule has 0 radical (unpaired) electrons. The van der Waals surface area contributed by atoms with Gasteiger partial charge in [-0.3, -0.25) is 29.0 Å². The number of fused-ring (bicyclic) bond motifs is 4. The molecule has 6 atom stereocenters. The second-order valence-electron chi connectivity index (χ2n) is 10.5. The highest BCUT2D eigenvalue weighted by Crippen LogP contribution is 2.59. The molecule has 7 heteroatoms. The fourth-order valence-corrected chi connectivity index (χ4v) is 7.14. The Balaban J connectivity index is 1.64. The Kier molecular flexibility index (Phi) is 6.35. The van der Waals surface area contributed by atoms with E-state index in [1.807, 2.05) is 38.1 Å². The van der Waals surface area contributed by atoms with E-state index in [1.54, 1.807) is 6.08 Å². The van der Waals surface area contributed by atoms with Gasteiger partial charge in [0.05, 0.1) is 23.7 Å². The quantitative estimate of drug-likeness (QED) is 0.466. The topological polar surface area (TPSA) is 95.0 Å². The van der Waals surface area contributed by atoms with Gasteiger partial charge in [0, 0.05) is 24.6 Å². The van der Waals surface area contributed by atoms with Gasteiger partial charge in [-0.05, 0) is 43.6 Å². The molecular formula is C29H34N2O5. The van der Waals surface area contributed by atoms with E-state index in [4.69, 9.17) is 0 Å². The van der Waals surface area contributed by atoms with Crippen LogP contribution in [-0.2, 0) is 25.6 Å². The highest BCUT2D eigenvalue weighted by atomic mass is 16.3. The smallest absolute Gasteiger partial charge is 0.234 e. The summed E-state index contributed by atoms with van der Waals surface area (Å²) in [5, 5.41) is 11.3. The summed E-state index contributed by atoms with van der Waals surface area (Å²) in [7, 11) is 0. The van der Waals surface area contributed by atoms with Gasteiger partial charge < -0.3 is 5.11 Å². The van der Waals surface area contributed by atoms with Crippen LogP contribution in [0.2, 0.25) is 0 Å². The predicted octanol–water partition coefficient (Wildman–Crippen LogP) is 3.58. The van der Waals surface area contributed by atoms with Crippen LogP contribution >= 0.6 is 0 Å². The van der Waals surface area contributed by atoms with Gasteiger partial charge in [0.15, 0.2) is 0 Å². The van der Waals surface area contributed by atoms with Crippen molar-refractivity contribution in [3.8, 4) is 5.75 Å². The van der Waals surface area contributed by atoms with Crippen molar-refractivity contribution in [3.63, 3.8) is 0 Å². The van der Waals surface area contributed by atoms with Crippen LogP contribution in [0.4, 0.5) is 0 Å². The van der Waals surface area contributed by atoms with Crippen molar-refractivity contribution in [2.45, 2.75) is 51.9 Å². The zero-order valence-electron chi connectivity index (χ0n) is 21.0. The molecule has 6 unspecified atom stereocenters. The lowest BCUT2D eigenvalue weighted by Gasteiger charge is -2.44. The summed E-state index contributed by atoms with van der Waals surface area (Å²) in [6.07, 6.45) is 6.38. The molecule has 2 aliphatic carbocycles. The van der Waals surface area contributed by atoms with Crippen LogP contribution in [0.25, 0.3) is 0 Å². The molecule has 4 amide bonds. The van der Waals surface area contributed by atoms with Crippen molar-refractivity contribution in [2.24, 2.45) is 29.6 Å². The normalized spacial score (nSPS) is 31.3. The number of para-hydroxylation sites is 1. The number of phenolic OH excluding ortho intramolecular Hbond substituents is 1. The van der Waals surface area contributed by atoms with Crippen molar-refractivity contribution >= 4 is 23.6 Å². The lowest BCUT2D eigenvalue weighted by Crippen LogP contribution is -2.43. The number of aromatic hydroxyl groups is 1. The zero-order valence-corrected chi connectivity index (χ0v) is 21.0. The fraction of sp³-hybridized carbons (Fsp3) is 0.517. The molecule has 5 rings (SSSR count). The Hall–Kier alpha value is -3.22. The van der Waals surface area contributed by atoms with Crippen LogP contribution in [0, 0.1) is 29.6 Å². The summed E-state index contributed by atoms with van der Waals surface area (Å²) in [5.41, 5.74) is 2.24. The summed E-state index contributed by atoms with van der Waals surface area (Å²) >= 11 is 0. The fourth-order valence-electron chi connectivity index (χ4n) is 7.14.